The first kappa shape index (κ1) is 34.4. The van der Waals surface area contributed by atoms with Crippen LogP contribution in [0.15, 0.2) is 72.8 Å². The number of amides is 1. The van der Waals surface area contributed by atoms with E-state index in [4.69, 9.17) is 9.57 Å². The lowest BCUT2D eigenvalue weighted by Crippen LogP contribution is -2.62. The molecule has 3 aromatic rings. The summed E-state index contributed by atoms with van der Waals surface area (Å²) in [6.07, 6.45) is 2.69. The molecule has 0 aromatic heterocycles. The largest absolute Gasteiger partial charge is 0.496 e. The van der Waals surface area contributed by atoms with Gasteiger partial charge in [0.2, 0.25) is 5.91 Å². The van der Waals surface area contributed by atoms with Crippen LogP contribution in [0.2, 0.25) is 0 Å². The highest BCUT2D eigenvalue weighted by Crippen LogP contribution is 2.61. The van der Waals surface area contributed by atoms with E-state index in [1.165, 1.54) is 12.0 Å². The van der Waals surface area contributed by atoms with Crippen LogP contribution in [0, 0.1) is 29.1 Å². The molecule has 3 aliphatic carbocycles. The third kappa shape index (κ3) is 6.86. The van der Waals surface area contributed by atoms with Crippen molar-refractivity contribution in [1.82, 2.24) is 10.4 Å². The number of carbonyl (C=O) groups is 1. The van der Waals surface area contributed by atoms with E-state index in [2.05, 4.69) is 73.9 Å². The van der Waals surface area contributed by atoms with E-state index in [0.29, 0.717) is 28.9 Å². The van der Waals surface area contributed by atoms with Gasteiger partial charge in [-0.1, -0.05) is 81.4 Å². The number of fused-ring (bicyclic) bond motifs is 2. The molecule has 4 fully saturated rings. The van der Waals surface area contributed by atoms with Gasteiger partial charge in [-0.05, 0) is 79.0 Å². The zero-order chi connectivity index (χ0) is 34.0. The minimum absolute atomic E-state index is 0.0797. The van der Waals surface area contributed by atoms with Crippen LogP contribution in [-0.2, 0) is 22.6 Å². The van der Waals surface area contributed by atoms with Gasteiger partial charge in [-0.3, -0.25) is 9.63 Å². The summed E-state index contributed by atoms with van der Waals surface area (Å²) in [4.78, 5) is 20.4. The van der Waals surface area contributed by atoms with Gasteiger partial charge in [-0.15, -0.1) is 0 Å². The molecule has 1 aliphatic heterocycles. The van der Waals surface area contributed by atoms with Crippen molar-refractivity contribution in [1.29, 1.82) is 0 Å². The second-order valence-electron chi connectivity index (χ2n) is 14.8. The lowest BCUT2D eigenvalue weighted by molar-refractivity contribution is -0.183. The zero-order valence-electron chi connectivity index (χ0n) is 29.1. The maximum absolute atomic E-state index is 14.1. The second kappa shape index (κ2) is 14.6. The molecule has 258 valence electrons. The molecule has 7 rings (SSSR count). The van der Waals surface area contributed by atoms with Crippen LogP contribution >= 0.6 is 0 Å². The Bertz CT molecular complexity index is 1540. The number of nitrogens with one attached hydrogen (secondary N) is 2. The summed E-state index contributed by atoms with van der Waals surface area (Å²) >= 11 is 0. The summed E-state index contributed by atoms with van der Waals surface area (Å²) in [5.41, 5.74) is 5.49. The van der Waals surface area contributed by atoms with Crippen molar-refractivity contribution in [3.8, 4) is 16.9 Å². The summed E-state index contributed by atoms with van der Waals surface area (Å²) < 4.78 is 6.02. The molecule has 3 aromatic carbocycles. The van der Waals surface area contributed by atoms with Gasteiger partial charge in [0, 0.05) is 35.3 Å². The molecule has 48 heavy (non-hydrogen) atoms. The van der Waals surface area contributed by atoms with Gasteiger partial charge < -0.3 is 25.6 Å². The number of nitrogens with zero attached hydrogens (tertiary/aromatic N) is 1. The third-order valence-corrected chi connectivity index (χ3v) is 11.7. The van der Waals surface area contributed by atoms with Crippen molar-refractivity contribution in [2.24, 2.45) is 29.1 Å². The average Bonchev–Trinajstić information content (AvgIpc) is 3.46. The number of rotatable bonds is 13. The van der Waals surface area contributed by atoms with Crippen LogP contribution in [0.3, 0.4) is 0 Å². The van der Waals surface area contributed by atoms with E-state index < -0.39 is 24.2 Å². The molecule has 8 heteroatoms. The highest BCUT2D eigenvalue weighted by Gasteiger charge is 2.57. The minimum atomic E-state index is -0.852. The van der Waals surface area contributed by atoms with E-state index in [0.717, 1.165) is 48.2 Å². The fourth-order valence-corrected chi connectivity index (χ4v) is 8.80. The molecule has 0 radical (unpaired) electrons. The van der Waals surface area contributed by atoms with Gasteiger partial charge >= 0.3 is 0 Å². The van der Waals surface area contributed by atoms with Crippen LogP contribution in [0.5, 0.6) is 5.75 Å². The SMILES string of the molecule is COc1c(CN2O[C@@H](CO)[C@H]([C@H](C)O)[C@H]2C(=O)N[C@H]2C[C@H]3C[C@@H]([C@@H]2C)C3(C)C)cccc1-c1cccc(NCCCc2ccccc2)c1. The summed E-state index contributed by atoms with van der Waals surface area (Å²) in [6, 6.07) is 24.2. The molecule has 0 spiro atoms. The molecular formula is C40H53N3O5. The lowest BCUT2D eigenvalue weighted by Gasteiger charge is -2.62. The van der Waals surface area contributed by atoms with Gasteiger partial charge in [0.25, 0.3) is 0 Å². The Labute approximate surface area is 285 Å². The van der Waals surface area contributed by atoms with Gasteiger partial charge in [-0.25, -0.2) is 0 Å². The monoisotopic (exact) mass is 655 g/mol. The molecule has 8 atom stereocenters. The first-order valence-electron chi connectivity index (χ1n) is 17.7. The molecule has 1 saturated heterocycles. The van der Waals surface area contributed by atoms with E-state index >= 15 is 0 Å². The summed E-state index contributed by atoms with van der Waals surface area (Å²) in [7, 11) is 1.66. The molecule has 8 nitrogen and oxygen atoms in total. The first-order valence-corrected chi connectivity index (χ1v) is 17.7. The van der Waals surface area contributed by atoms with Crippen molar-refractivity contribution in [3.05, 3.63) is 83.9 Å². The Morgan fingerprint density at radius 2 is 1.85 bits per heavy atom. The highest BCUT2D eigenvalue weighted by atomic mass is 16.7. The highest BCUT2D eigenvalue weighted by molar-refractivity contribution is 5.83. The van der Waals surface area contributed by atoms with Crippen LogP contribution in [0.1, 0.15) is 58.1 Å². The molecule has 2 bridgehead atoms. The number of hydrogen-bond donors (Lipinski definition) is 4. The van der Waals surface area contributed by atoms with Crippen LogP contribution in [-0.4, -0.2) is 65.7 Å². The first-order chi connectivity index (χ1) is 23.1. The summed E-state index contributed by atoms with van der Waals surface area (Å²) in [5, 5.41) is 29.7. The molecule has 1 heterocycles. The number of methoxy groups -OCH3 is 1. The van der Waals surface area contributed by atoms with Crippen LogP contribution in [0.25, 0.3) is 11.1 Å². The maximum atomic E-state index is 14.1. The number of para-hydroxylation sites is 1. The van der Waals surface area contributed by atoms with Crippen LogP contribution < -0.4 is 15.4 Å². The predicted octanol–water partition coefficient (Wildman–Crippen LogP) is 6.07. The Balaban J connectivity index is 1.19. The Morgan fingerprint density at radius 1 is 1.08 bits per heavy atom. The molecule has 4 aliphatic rings. The molecule has 3 saturated carbocycles. The van der Waals surface area contributed by atoms with Crippen LogP contribution in [0.4, 0.5) is 5.69 Å². The third-order valence-electron chi connectivity index (χ3n) is 11.7. The van der Waals surface area contributed by atoms with E-state index in [-0.39, 0.29) is 25.1 Å². The van der Waals surface area contributed by atoms with Gasteiger partial charge in [0.05, 0.1) is 26.4 Å². The fraction of sp³-hybridized carbons (Fsp3) is 0.525. The molecular weight excluding hydrogens is 602 g/mol. The standard InChI is InChI=1S/C40H53N3O5/c1-25-33-21-30(40(33,3)4)22-34(25)42-39(46)37-36(26(2)45)35(24-44)48-43(37)23-29-16-10-18-32(38(29)47-5)28-15-9-17-31(20-28)41-19-11-14-27-12-7-6-8-13-27/h6-10,12-13,15-18,20,25-26,30,33-37,41,44-45H,11,14,19,21-24H2,1-5H3,(H,42,46)/t25-,26-,30+,33-,34-,35-,36-,37-/m0/s1. The van der Waals surface area contributed by atoms with Crippen molar-refractivity contribution in [3.63, 3.8) is 0 Å². The minimum Gasteiger partial charge on any atom is -0.496 e. The molecule has 0 unspecified atom stereocenters. The smallest absolute Gasteiger partial charge is 0.240 e. The average molecular weight is 656 g/mol. The van der Waals surface area contributed by atoms with Gasteiger partial charge in [-0.2, -0.15) is 5.06 Å². The topological polar surface area (TPSA) is 103 Å². The number of aliphatic hydroxyl groups is 2. The number of ether oxygens (including phenoxy) is 1. The van der Waals surface area contributed by atoms with Crippen molar-refractivity contribution in [2.75, 3.05) is 25.6 Å². The maximum Gasteiger partial charge on any atom is 0.240 e. The Hall–Kier alpha value is -3.43. The number of hydroxylamine groups is 2. The number of aliphatic hydroxyl groups excluding tert-OH is 2. The second-order valence-corrected chi connectivity index (χ2v) is 14.8. The zero-order valence-corrected chi connectivity index (χ0v) is 29.1. The van der Waals surface area contributed by atoms with E-state index in [1.54, 1.807) is 19.1 Å². The number of benzene rings is 3. The van der Waals surface area contributed by atoms with E-state index in [1.807, 2.05) is 30.3 Å². The van der Waals surface area contributed by atoms with Gasteiger partial charge in [0.1, 0.15) is 17.9 Å². The normalized spacial score (nSPS) is 28.4. The quantitative estimate of drug-likeness (QED) is 0.166. The molecule has 1 amide bonds. The van der Waals surface area contributed by atoms with Crippen molar-refractivity contribution < 1.29 is 24.6 Å². The van der Waals surface area contributed by atoms with E-state index in [9.17, 15) is 15.0 Å². The number of aryl methyl sites for hydroxylation is 1. The number of hydrogen-bond acceptors (Lipinski definition) is 7. The summed E-state index contributed by atoms with van der Waals surface area (Å²) in [6.45, 7) is 9.45. The number of anilines is 1. The predicted molar refractivity (Wildman–Crippen MR) is 189 cm³/mol. The van der Waals surface area contributed by atoms with Gasteiger partial charge in [0.15, 0.2) is 0 Å². The number of carbonyl (C=O) groups excluding carboxylic acids is 1. The Morgan fingerprint density at radius 3 is 2.54 bits per heavy atom. The van der Waals surface area contributed by atoms with Crippen molar-refractivity contribution >= 4 is 11.6 Å². The Kier molecular flexibility index (Phi) is 10.5. The summed E-state index contributed by atoms with van der Waals surface area (Å²) in [5.74, 6) is 1.52. The lowest BCUT2D eigenvalue weighted by atomic mass is 9.45. The fourth-order valence-electron chi connectivity index (χ4n) is 8.80. The van der Waals surface area contributed by atoms with Crippen molar-refractivity contribution in [2.45, 2.75) is 84.2 Å². The molecule has 4 N–H and O–H groups in total.